The number of aliphatic imine (C=N–C) groups is 1. The molecule has 0 radical (unpaired) electrons. The van der Waals surface area contributed by atoms with Gasteiger partial charge in [-0.3, -0.25) is 0 Å². The van der Waals surface area contributed by atoms with Crippen molar-refractivity contribution in [3.8, 4) is 0 Å². The van der Waals surface area contributed by atoms with Crippen LogP contribution in [0.4, 0.5) is 0 Å². The molecule has 5 nitrogen and oxygen atoms in total. The van der Waals surface area contributed by atoms with Gasteiger partial charge in [0.25, 0.3) is 0 Å². The minimum atomic E-state index is -3.14. The second-order valence-electron chi connectivity index (χ2n) is 5.93. The molecule has 1 aromatic rings. The van der Waals surface area contributed by atoms with Crippen LogP contribution in [0.3, 0.4) is 0 Å². The van der Waals surface area contributed by atoms with Gasteiger partial charge in [0, 0.05) is 36.9 Å². The molecule has 0 aromatic heterocycles. The molecule has 1 unspecified atom stereocenters. The molecule has 1 N–H and O–H groups in total. The second kappa shape index (κ2) is 8.76. The number of nitrogens with zero attached hydrogens (tertiary/aromatic N) is 2. The first-order valence-corrected chi connectivity index (χ1v) is 11.3. The monoisotopic (exact) mass is 369 g/mol. The van der Waals surface area contributed by atoms with Gasteiger partial charge >= 0.3 is 0 Å². The summed E-state index contributed by atoms with van der Waals surface area (Å²) in [5, 5.41) is 4.04. The maximum Gasteiger partial charge on any atom is 0.194 e. The Labute approximate surface area is 149 Å². The number of hydrogen-bond acceptors (Lipinski definition) is 4. The molecule has 1 aromatic carbocycles. The summed E-state index contributed by atoms with van der Waals surface area (Å²) in [5.74, 6) is 2.08. The molecule has 1 aliphatic rings. The molecule has 0 amide bonds. The van der Waals surface area contributed by atoms with Crippen LogP contribution >= 0.6 is 11.8 Å². The molecule has 1 saturated heterocycles. The van der Waals surface area contributed by atoms with Crippen molar-refractivity contribution in [2.45, 2.75) is 37.0 Å². The molecule has 0 bridgehead atoms. The van der Waals surface area contributed by atoms with Gasteiger partial charge in [0.1, 0.15) is 0 Å². The summed E-state index contributed by atoms with van der Waals surface area (Å²) < 4.78 is 23.0. The minimum absolute atomic E-state index is 0.348. The van der Waals surface area contributed by atoms with Crippen LogP contribution in [0.1, 0.15) is 25.8 Å². The van der Waals surface area contributed by atoms with E-state index >= 15 is 0 Å². The molecule has 0 aliphatic carbocycles. The summed E-state index contributed by atoms with van der Waals surface area (Å²) in [5.41, 5.74) is 1.01. The van der Waals surface area contributed by atoms with Gasteiger partial charge in [-0.05, 0) is 31.0 Å². The Balaban J connectivity index is 2.07. The van der Waals surface area contributed by atoms with Gasteiger partial charge in [-0.2, -0.15) is 11.8 Å². The fourth-order valence-electron chi connectivity index (χ4n) is 2.59. The van der Waals surface area contributed by atoms with E-state index in [0.29, 0.717) is 16.7 Å². The molecule has 1 aliphatic heterocycles. The topological polar surface area (TPSA) is 61.8 Å². The van der Waals surface area contributed by atoms with Crippen molar-refractivity contribution >= 4 is 27.6 Å². The van der Waals surface area contributed by atoms with E-state index in [-0.39, 0.29) is 0 Å². The van der Waals surface area contributed by atoms with Crippen LogP contribution in [0, 0.1) is 0 Å². The molecular formula is C17H27N3O2S2. The van der Waals surface area contributed by atoms with E-state index in [1.165, 1.54) is 12.7 Å². The highest BCUT2D eigenvalue weighted by molar-refractivity contribution is 8.00. The number of thioether (sulfide) groups is 1. The number of benzene rings is 1. The average molecular weight is 370 g/mol. The molecule has 7 heteroatoms. The van der Waals surface area contributed by atoms with Crippen molar-refractivity contribution in [1.29, 1.82) is 0 Å². The van der Waals surface area contributed by atoms with Crippen molar-refractivity contribution in [1.82, 2.24) is 10.2 Å². The summed E-state index contributed by atoms with van der Waals surface area (Å²) in [6.45, 7) is 7.74. The fraction of sp³-hybridized carbons (Fsp3) is 0.588. The maximum absolute atomic E-state index is 11.5. The number of hydrogen-bond donors (Lipinski definition) is 1. The quantitative estimate of drug-likeness (QED) is 0.638. The van der Waals surface area contributed by atoms with E-state index in [0.717, 1.165) is 36.9 Å². The minimum Gasteiger partial charge on any atom is -0.357 e. The smallest absolute Gasteiger partial charge is 0.194 e. The van der Waals surface area contributed by atoms with Crippen molar-refractivity contribution in [3.63, 3.8) is 0 Å². The van der Waals surface area contributed by atoms with Crippen molar-refractivity contribution in [3.05, 3.63) is 29.8 Å². The zero-order chi connectivity index (χ0) is 17.6. The van der Waals surface area contributed by atoms with Crippen LogP contribution < -0.4 is 5.32 Å². The number of sulfone groups is 1. The molecule has 0 spiro atoms. The zero-order valence-electron chi connectivity index (χ0n) is 14.7. The summed E-state index contributed by atoms with van der Waals surface area (Å²) in [6.07, 6.45) is 2.40. The van der Waals surface area contributed by atoms with E-state index in [2.05, 4.69) is 24.1 Å². The second-order valence-corrected chi connectivity index (χ2v) is 9.36. The standard InChI is InChI=1S/C17H27N3O2S2/c1-4-15-13-20(10-11-23-15)17(18-5-2)19-12-14-6-8-16(9-7-14)24(3,21)22/h6-9,15H,4-5,10-13H2,1-3H3,(H,18,19). The highest BCUT2D eigenvalue weighted by atomic mass is 32.2. The van der Waals surface area contributed by atoms with Crippen LogP contribution in [0.5, 0.6) is 0 Å². The van der Waals surface area contributed by atoms with Gasteiger partial charge in [0.2, 0.25) is 0 Å². The van der Waals surface area contributed by atoms with Gasteiger partial charge in [0.15, 0.2) is 15.8 Å². The fourth-order valence-corrected chi connectivity index (χ4v) is 4.40. The highest BCUT2D eigenvalue weighted by Gasteiger charge is 2.21. The molecule has 1 atom stereocenters. The Morgan fingerprint density at radius 1 is 1.33 bits per heavy atom. The van der Waals surface area contributed by atoms with Crippen LogP contribution in [-0.4, -0.2) is 56.2 Å². The van der Waals surface area contributed by atoms with E-state index in [1.807, 2.05) is 23.9 Å². The lowest BCUT2D eigenvalue weighted by Gasteiger charge is -2.34. The lowest BCUT2D eigenvalue weighted by atomic mass is 10.2. The van der Waals surface area contributed by atoms with Crippen LogP contribution in [0.2, 0.25) is 0 Å². The predicted octanol–water partition coefficient (Wildman–Crippen LogP) is 2.38. The third-order valence-electron chi connectivity index (χ3n) is 3.99. The van der Waals surface area contributed by atoms with E-state index in [1.54, 1.807) is 12.1 Å². The Morgan fingerprint density at radius 3 is 2.62 bits per heavy atom. The van der Waals surface area contributed by atoms with Crippen LogP contribution in [0.25, 0.3) is 0 Å². The van der Waals surface area contributed by atoms with Gasteiger partial charge in [-0.25, -0.2) is 13.4 Å². The molecular weight excluding hydrogens is 342 g/mol. The van der Waals surface area contributed by atoms with E-state index < -0.39 is 9.84 Å². The van der Waals surface area contributed by atoms with Gasteiger partial charge in [0.05, 0.1) is 11.4 Å². The molecule has 134 valence electrons. The first kappa shape index (κ1) is 19.1. The molecule has 1 heterocycles. The van der Waals surface area contributed by atoms with Gasteiger partial charge < -0.3 is 10.2 Å². The Kier molecular flexibility index (Phi) is 6.98. The lowest BCUT2D eigenvalue weighted by Crippen LogP contribution is -2.48. The third-order valence-corrected chi connectivity index (χ3v) is 6.49. The Bertz CT molecular complexity index is 657. The first-order valence-electron chi connectivity index (χ1n) is 8.38. The van der Waals surface area contributed by atoms with Crippen LogP contribution in [-0.2, 0) is 16.4 Å². The normalized spacial score (nSPS) is 19.4. The number of nitrogens with one attached hydrogen (secondary N) is 1. The van der Waals surface area contributed by atoms with E-state index in [4.69, 9.17) is 4.99 Å². The third kappa shape index (κ3) is 5.41. The average Bonchev–Trinajstić information content (AvgIpc) is 2.58. The van der Waals surface area contributed by atoms with Gasteiger partial charge in [-0.1, -0.05) is 19.1 Å². The molecule has 24 heavy (non-hydrogen) atoms. The SMILES string of the molecule is CCNC(=NCc1ccc(S(C)(=O)=O)cc1)N1CCSC(CC)C1. The Hall–Kier alpha value is -1.21. The summed E-state index contributed by atoms with van der Waals surface area (Å²) in [7, 11) is -3.14. The summed E-state index contributed by atoms with van der Waals surface area (Å²) in [4.78, 5) is 7.42. The largest absolute Gasteiger partial charge is 0.357 e. The zero-order valence-corrected chi connectivity index (χ0v) is 16.3. The summed E-state index contributed by atoms with van der Waals surface area (Å²) in [6, 6.07) is 6.98. The highest BCUT2D eigenvalue weighted by Crippen LogP contribution is 2.21. The lowest BCUT2D eigenvalue weighted by molar-refractivity contribution is 0.408. The van der Waals surface area contributed by atoms with E-state index in [9.17, 15) is 8.42 Å². The maximum atomic E-state index is 11.5. The molecule has 2 rings (SSSR count). The van der Waals surface area contributed by atoms with Crippen molar-refractivity contribution in [2.75, 3.05) is 31.6 Å². The van der Waals surface area contributed by atoms with Crippen molar-refractivity contribution in [2.24, 2.45) is 4.99 Å². The van der Waals surface area contributed by atoms with Crippen LogP contribution in [0.15, 0.2) is 34.2 Å². The Morgan fingerprint density at radius 2 is 2.04 bits per heavy atom. The first-order chi connectivity index (χ1) is 11.4. The molecule has 0 saturated carbocycles. The van der Waals surface area contributed by atoms with Crippen molar-refractivity contribution < 1.29 is 8.42 Å². The number of guanidine groups is 1. The summed E-state index contributed by atoms with van der Waals surface area (Å²) >= 11 is 2.04. The van der Waals surface area contributed by atoms with Gasteiger partial charge in [-0.15, -0.1) is 0 Å². The predicted molar refractivity (Wildman–Crippen MR) is 102 cm³/mol. The molecule has 1 fully saturated rings. The number of rotatable bonds is 5.